The highest BCUT2D eigenvalue weighted by Gasteiger charge is 2.34. The second-order valence-electron chi connectivity index (χ2n) is 5.42. The smallest absolute Gasteiger partial charge is 0.307 e. The lowest BCUT2D eigenvalue weighted by molar-refractivity contribution is -0.138. The van der Waals surface area contributed by atoms with Crippen LogP contribution in [0.5, 0.6) is 0 Å². The van der Waals surface area contributed by atoms with Gasteiger partial charge < -0.3 is 10.2 Å². The van der Waals surface area contributed by atoms with Crippen LogP contribution in [0, 0.1) is 0 Å². The molecule has 8 heteroatoms. The lowest BCUT2D eigenvalue weighted by Crippen LogP contribution is -2.19. The van der Waals surface area contributed by atoms with Crippen LogP contribution in [0.4, 0.5) is 19.0 Å². The second-order valence-corrected chi connectivity index (χ2v) is 6.34. The van der Waals surface area contributed by atoms with Gasteiger partial charge in [-0.15, -0.1) is 0 Å². The highest BCUT2D eigenvalue weighted by atomic mass is 79.9. The summed E-state index contributed by atoms with van der Waals surface area (Å²) in [6, 6.07) is 6.80. The van der Waals surface area contributed by atoms with Gasteiger partial charge in [0.2, 0.25) is 0 Å². The molecule has 1 amide bonds. The molecule has 2 rings (SSSR count). The number of nitrogens with one attached hydrogen (secondary N) is 1. The molecule has 0 aliphatic rings. The van der Waals surface area contributed by atoms with Crippen LogP contribution >= 0.6 is 15.9 Å². The maximum Gasteiger partial charge on any atom is 0.416 e. The summed E-state index contributed by atoms with van der Waals surface area (Å²) < 4.78 is 40.5. The molecule has 0 spiro atoms. The number of amides is 1. The van der Waals surface area contributed by atoms with Crippen molar-refractivity contribution < 1.29 is 18.0 Å². The van der Waals surface area contributed by atoms with Gasteiger partial charge in [-0.3, -0.25) is 4.79 Å². The summed E-state index contributed by atoms with van der Waals surface area (Å²) in [4.78, 5) is 17.8. The first-order valence-corrected chi connectivity index (χ1v) is 7.74. The molecule has 1 heterocycles. The highest BCUT2D eigenvalue weighted by molar-refractivity contribution is 9.10. The van der Waals surface area contributed by atoms with Crippen molar-refractivity contribution >= 4 is 27.7 Å². The molecule has 4 nitrogen and oxygen atoms in total. The van der Waals surface area contributed by atoms with E-state index in [1.807, 2.05) is 0 Å². The lowest BCUT2D eigenvalue weighted by atomic mass is 10.0. The SMILES string of the molecule is CN(C)Cc1ccc(C(=O)Nc2cc(Br)ccn2)cc1C(F)(F)F. The van der Waals surface area contributed by atoms with Crippen molar-refractivity contribution in [2.75, 3.05) is 19.4 Å². The summed E-state index contributed by atoms with van der Waals surface area (Å²) in [5, 5.41) is 2.48. The first-order chi connectivity index (χ1) is 11.2. The normalized spacial score (nSPS) is 11.6. The first kappa shape index (κ1) is 18.4. The van der Waals surface area contributed by atoms with Gasteiger partial charge in [0.05, 0.1) is 5.56 Å². The Hall–Kier alpha value is -1.93. The van der Waals surface area contributed by atoms with E-state index in [2.05, 4.69) is 26.2 Å². The van der Waals surface area contributed by atoms with Crippen molar-refractivity contribution in [3.63, 3.8) is 0 Å². The summed E-state index contributed by atoms with van der Waals surface area (Å²) in [6.45, 7) is 0.129. The Kier molecular flexibility index (Phi) is 5.61. The number of aromatic nitrogens is 1. The molecule has 0 aliphatic carbocycles. The standard InChI is InChI=1S/C16H15BrF3N3O/c1-23(2)9-11-4-3-10(7-13(11)16(18,19)20)15(24)22-14-8-12(17)5-6-21-14/h3-8H,9H2,1-2H3,(H,21,22,24). The number of carbonyl (C=O) groups excluding carboxylic acids is 1. The number of hydrogen-bond donors (Lipinski definition) is 1. The van der Waals surface area contributed by atoms with Crippen LogP contribution in [0.3, 0.4) is 0 Å². The van der Waals surface area contributed by atoms with E-state index in [-0.39, 0.29) is 23.5 Å². The van der Waals surface area contributed by atoms with Gasteiger partial charge in [0.15, 0.2) is 0 Å². The van der Waals surface area contributed by atoms with E-state index < -0.39 is 17.6 Å². The van der Waals surface area contributed by atoms with E-state index in [1.165, 1.54) is 18.3 Å². The molecule has 24 heavy (non-hydrogen) atoms. The van der Waals surface area contributed by atoms with Crippen molar-refractivity contribution in [1.29, 1.82) is 0 Å². The molecule has 1 aromatic carbocycles. The van der Waals surface area contributed by atoms with E-state index in [1.54, 1.807) is 31.1 Å². The molecule has 0 bridgehead atoms. The zero-order valence-corrected chi connectivity index (χ0v) is 14.6. The van der Waals surface area contributed by atoms with Gasteiger partial charge in [-0.2, -0.15) is 13.2 Å². The molecule has 0 fully saturated rings. The van der Waals surface area contributed by atoms with E-state index in [0.29, 0.717) is 4.47 Å². The fourth-order valence-corrected chi connectivity index (χ4v) is 2.46. The minimum absolute atomic E-state index is 0.0772. The summed E-state index contributed by atoms with van der Waals surface area (Å²) in [6.07, 6.45) is -3.06. The first-order valence-electron chi connectivity index (χ1n) is 6.94. The maximum absolute atomic E-state index is 13.3. The lowest BCUT2D eigenvalue weighted by Gasteiger charge is -2.17. The number of halogens is 4. The van der Waals surface area contributed by atoms with Gasteiger partial charge in [0.25, 0.3) is 5.91 Å². The Morgan fingerprint density at radius 2 is 1.96 bits per heavy atom. The van der Waals surface area contributed by atoms with Crippen molar-refractivity contribution in [3.05, 3.63) is 57.7 Å². The van der Waals surface area contributed by atoms with E-state index in [9.17, 15) is 18.0 Å². The van der Waals surface area contributed by atoms with Gasteiger partial charge in [0, 0.05) is 22.8 Å². The zero-order valence-electron chi connectivity index (χ0n) is 13.0. The Morgan fingerprint density at radius 1 is 1.25 bits per heavy atom. The van der Waals surface area contributed by atoms with Crippen molar-refractivity contribution in [1.82, 2.24) is 9.88 Å². The van der Waals surface area contributed by atoms with Crippen molar-refractivity contribution in [3.8, 4) is 0 Å². The number of pyridine rings is 1. The Labute approximate surface area is 145 Å². The molecule has 0 saturated heterocycles. The van der Waals surface area contributed by atoms with Crippen LogP contribution in [0.2, 0.25) is 0 Å². The number of carbonyl (C=O) groups is 1. The molecule has 1 N–H and O–H groups in total. The molecular formula is C16H15BrF3N3O. The fraction of sp³-hybridized carbons (Fsp3) is 0.250. The predicted octanol–water partition coefficient (Wildman–Crippen LogP) is 4.18. The summed E-state index contributed by atoms with van der Waals surface area (Å²) >= 11 is 3.23. The van der Waals surface area contributed by atoms with Crippen LogP contribution in [-0.2, 0) is 12.7 Å². The van der Waals surface area contributed by atoms with Gasteiger partial charge in [-0.25, -0.2) is 4.98 Å². The number of alkyl halides is 3. The minimum Gasteiger partial charge on any atom is -0.307 e. The van der Waals surface area contributed by atoms with Crippen molar-refractivity contribution in [2.24, 2.45) is 0 Å². The largest absolute Gasteiger partial charge is 0.416 e. The maximum atomic E-state index is 13.3. The van der Waals surface area contributed by atoms with Crippen LogP contribution < -0.4 is 5.32 Å². The number of nitrogens with zero attached hydrogens (tertiary/aromatic N) is 2. The molecule has 0 atom stereocenters. The Morgan fingerprint density at radius 3 is 2.54 bits per heavy atom. The Bertz CT molecular complexity index is 748. The molecular weight excluding hydrogens is 387 g/mol. The van der Waals surface area contributed by atoms with Crippen LogP contribution in [0.1, 0.15) is 21.5 Å². The third kappa shape index (κ3) is 4.78. The molecule has 0 unspecified atom stereocenters. The summed E-state index contributed by atoms with van der Waals surface area (Å²) in [5.41, 5.74) is -0.776. The second kappa shape index (κ2) is 7.31. The third-order valence-electron chi connectivity index (χ3n) is 3.13. The van der Waals surface area contributed by atoms with E-state index in [4.69, 9.17) is 0 Å². The number of anilines is 1. The Balaban J connectivity index is 2.31. The summed E-state index contributed by atoms with van der Waals surface area (Å²) in [7, 11) is 3.36. The van der Waals surface area contributed by atoms with Crippen molar-refractivity contribution in [2.45, 2.75) is 12.7 Å². The highest BCUT2D eigenvalue weighted by Crippen LogP contribution is 2.33. The average Bonchev–Trinajstić information content (AvgIpc) is 2.45. The van der Waals surface area contributed by atoms with E-state index in [0.717, 1.165) is 6.07 Å². The van der Waals surface area contributed by atoms with Gasteiger partial charge in [-0.05, 0) is 43.9 Å². The molecule has 2 aromatic rings. The quantitative estimate of drug-likeness (QED) is 0.835. The monoisotopic (exact) mass is 401 g/mol. The molecule has 0 radical (unpaired) electrons. The predicted molar refractivity (Wildman–Crippen MR) is 88.7 cm³/mol. The van der Waals surface area contributed by atoms with Gasteiger partial charge in [0.1, 0.15) is 5.82 Å². The van der Waals surface area contributed by atoms with E-state index >= 15 is 0 Å². The third-order valence-corrected chi connectivity index (χ3v) is 3.62. The number of benzene rings is 1. The van der Waals surface area contributed by atoms with Crippen LogP contribution in [-0.4, -0.2) is 29.9 Å². The summed E-state index contributed by atoms with van der Waals surface area (Å²) in [5.74, 6) is -0.400. The molecule has 1 aromatic heterocycles. The van der Waals surface area contributed by atoms with Crippen LogP contribution in [0.15, 0.2) is 41.0 Å². The minimum atomic E-state index is -4.53. The average molecular weight is 402 g/mol. The molecule has 128 valence electrons. The van der Waals surface area contributed by atoms with Gasteiger partial charge >= 0.3 is 6.18 Å². The van der Waals surface area contributed by atoms with Crippen LogP contribution in [0.25, 0.3) is 0 Å². The fourth-order valence-electron chi connectivity index (χ4n) is 2.12. The number of hydrogen-bond acceptors (Lipinski definition) is 3. The zero-order chi connectivity index (χ0) is 17.9. The topological polar surface area (TPSA) is 45.2 Å². The van der Waals surface area contributed by atoms with Gasteiger partial charge in [-0.1, -0.05) is 22.0 Å². The number of rotatable bonds is 4. The molecule has 0 saturated carbocycles. The molecule has 0 aliphatic heterocycles.